The summed E-state index contributed by atoms with van der Waals surface area (Å²) in [7, 11) is 1.46. The summed E-state index contributed by atoms with van der Waals surface area (Å²) < 4.78 is 5.10. The maximum absolute atomic E-state index is 12.1. The summed E-state index contributed by atoms with van der Waals surface area (Å²) in [6, 6.07) is 4.72. The molecule has 1 heterocycles. The first kappa shape index (κ1) is 13.6. The lowest BCUT2D eigenvalue weighted by molar-refractivity contribution is 0.102. The van der Waals surface area contributed by atoms with Gasteiger partial charge in [-0.05, 0) is 18.2 Å². The average molecular weight is 298 g/mol. The number of carbonyl (C=O) groups is 1. The van der Waals surface area contributed by atoms with Crippen LogP contribution in [-0.4, -0.2) is 23.0 Å². The number of carbonyl (C=O) groups excluding carboxylic acids is 1. The van der Waals surface area contributed by atoms with Crippen LogP contribution in [0.2, 0.25) is 10.2 Å². The van der Waals surface area contributed by atoms with Crippen LogP contribution in [0.5, 0.6) is 5.75 Å². The van der Waals surface area contributed by atoms with Crippen molar-refractivity contribution < 1.29 is 9.53 Å². The largest absolute Gasteiger partial charge is 0.496 e. The van der Waals surface area contributed by atoms with Crippen LogP contribution in [0.25, 0.3) is 0 Å². The summed E-state index contributed by atoms with van der Waals surface area (Å²) in [5, 5.41) is 3.25. The molecule has 0 fully saturated rings. The standard InChI is InChI=1S/C12H9Cl2N3O2/c1-19-9-4-7(13)2-3-8(9)12(18)17-11-6-15-5-10(14)16-11/h2-6H,1H3,(H,16,17,18). The van der Waals surface area contributed by atoms with Crippen molar-refractivity contribution in [3.63, 3.8) is 0 Å². The van der Waals surface area contributed by atoms with Gasteiger partial charge in [0.15, 0.2) is 5.82 Å². The summed E-state index contributed by atoms with van der Waals surface area (Å²) in [5.41, 5.74) is 0.341. The lowest BCUT2D eigenvalue weighted by Crippen LogP contribution is -2.14. The SMILES string of the molecule is COc1cc(Cl)ccc1C(=O)Nc1cncc(Cl)n1. The molecule has 1 N–H and O–H groups in total. The Morgan fingerprint density at radius 3 is 2.79 bits per heavy atom. The predicted molar refractivity (Wildman–Crippen MR) is 73.0 cm³/mol. The van der Waals surface area contributed by atoms with Crippen molar-refractivity contribution in [2.75, 3.05) is 12.4 Å². The lowest BCUT2D eigenvalue weighted by Gasteiger charge is -2.09. The van der Waals surface area contributed by atoms with Crippen molar-refractivity contribution in [2.45, 2.75) is 0 Å². The van der Waals surface area contributed by atoms with Crippen LogP contribution in [0.3, 0.4) is 0 Å². The molecule has 0 unspecified atom stereocenters. The highest BCUT2D eigenvalue weighted by Crippen LogP contribution is 2.23. The van der Waals surface area contributed by atoms with E-state index in [-0.39, 0.29) is 16.9 Å². The Morgan fingerprint density at radius 1 is 1.32 bits per heavy atom. The summed E-state index contributed by atoms with van der Waals surface area (Å²) in [5.74, 6) is 0.250. The summed E-state index contributed by atoms with van der Waals surface area (Å²) in [6.07, 6.45) is 2.77. The number of amides is 1. The molecule has 0 atom stereocenters. The van der Waals surface area contributed by atoms with Crippen LogP contribution in [0.1, 0.15) is 10.4 Å². The number of rotatable bonds is 3. The molecule has 0 bridgehead atoms. The van der Waals surface area contributed by atoms with E-state index in [1.54, 1.807) is 18.2 Å². The van der Waals surface area contributed by atoms with Crippen LogP contribution in [0, 0.1) is 0 Å². The third-order valence-corrected chi connectivity index (χ3v) is 2.67. The van der Waals surface area contributed by atoms with Crippen molar-refractivity contribution in [3.05, 3.63) is 46.3 Å². The Kier molecular flexibility index (Phi) is 4.19. The third-order valence-electron chi connectivity index (χ3n) is 2.25. The van der Waals surface area contributed by atoms with Crippen LogP contribution >= 0.6 is 23.2 Å². The molecule has 0 aliphatic heterocycles. The first-order chi connectivity index (χ1) is 9.10. The number of methoxy groups -OCH3 is 1. The number of hydrogen-bond acceptors (Lipinski definition) is 4. The van der Waals surface area contributed by atoms with E-state index < -0.39 is 0 Å². The van der Waals surface area contributed by atoms with Gasteiger partial charge < -0.3 is 10.1 Å². The first-order valence-corrected chi connectivity index (χ1v) is 5.98. The van der Waals surface area contributed by atoms with Crippen LogP contribution < -0.4 is 10.1 Å². The van der Waals surface area contributed by atoms with E-state index in [0.29, 0.717) is 16.3 Å². The van der Waals surface area contributed by atoms with Crippen molar-refractivity contribution in [1.29, 1.82) is 0 Å². The zero-order valence-corrected chi connectivity index (χ0v) is 11.4. The molecule has 0 saturated carbocycles. The van der Waals surface area contributed by atoms with Gasteiger partial charge in [-0.2, -0.15) is 0 Å². The minimum Gasteiger partial charge on any atom is -0.496 e. The molecule has 2 rings (SSSR count). The molecule has 0 aliphatic rings. The van der Waals surface area contributed by atoms with Crippen LogP contribution in [-0.2, 0) is 0 Å². The molecule has 7 heteroatoms. The van der Waals surface area contributed by atoms with Gasteiger partial charge >= 0.3 is 0 Å². The number of benzene rings is 1. The molecule has 2 aromatic rings. The lowest BCUT2D eigenvalue weighted by atomic mass is 10.2. The highest BCUT2D eigenvalue weighted by atomic mass is 35.5. The smallest absolute Gasteiger partial charge is 0.260 e. The van der Waals surface area contributed by atoms with Crippen molar-refractivity contribution in [1.82, 2.24) is 9.97 Å². The molecule has 1 amide bonds. The van der Waals surface area contributed by atoms with Crippen molar-refractivity contribution in [2.24, 2.45) is 0 Å². The second kappa shape index (κ2) is 5.86. The Bertz CT molecular complexity index is 620. The molecule has 0 saturated heterocycles. The van der Waals surface area contributed by atoms with Gasteiger partial charge in [-0.25, -0.2) is 4.98 Å². The average Bonchev–Trinajstić information content (AvgIpc) is 2.38. The van der Waals surface area contributed by atoms with E-state index in [9.17, 15) is 4.79 Å². The fourth-order valence-corrected chi connectivity index (χ4v) is 1.75. The molecule has 0 aliphatic carbocycles. The molecule has 5 nitrogen and oxygen atoms in total. The number of ether oxygens (including phenoxy) is 1. The monoisotopic (exact) mass is 297 g/mol. The normalized spacial score (nSPS) is 10.1. The number of halogens is 2. The van der Waals surface area contributed by atoms with Crippen LogP contribution in [0.15, 0.2) is 30.6 Å². The highest BCUT2D eigenvalue weighted by Gasteiger charge is 2.13. The van der Waals surface area contributed by atoms with Gasteiger partial charge in [-0.1, -0.05) is 23.2 Å². The second-order valence-electron chi connectivity index (χ2n) is 3.53. The van der Waals surface area contributed by atoms with Gasteiger partial charge in [0.25, 0.3) is 5.91 Å². The fraction of sp³-hybridized carbons (Fsp3) is 0.0833. The highest BCUT2D eigenvalue weighted by molar-refractivity contribution is 6.31. The third kappa shape index (κ3) is 3.33. The van der Waals surface area contributed by atoms with E-state index in [1.165, 1.54) is 19.5 Å². The number of nitrogens with one attached hydrogen (secondary N) is 1. The molecule has 0 spiro atoms. The number of aromatic nitrogens is 2. The first-order valence-electron chi connectivity index (χ1n) is 5.22. The minimum absolute atomic E-state index is 0.195. The topological polar surface area (TPSA) is 64.1 Å². The molecular weight excluding hydrogens is 289 g/mol. The Labute approximate surface area is 119 Å². The van der Waals surface area contributed by atoms with Crippen LogP contribution in [0.4, 0.5) is 5.82 Å². The van der Waals surface area contributed by atoms with E-state index in [1.807, 2.05) is 0 Å². The van der Waals surface area contributed by atoms with Crippen molar-refractivity contribution in [3.8, 4) is 5.75 Å². The summed E-state index contributed by atoms with van der Waals surface area (Å²) in [6.45, 7) is 0. The fourth-order valence-electron chi connectivity index (χ4n) is 1.44. The zero-order valence-electron chi connectivity index (χ0n) is 9.85. The van der Waals surface area contributed by atoms with E-state index in [4.69, 9.17) is 27.9 Å². The van der Waals surface area contributed by atoms with E-state index in [0.717, 1.165) is 0 Å². The number of anilines is 1. The summed E-state index contributed by atoms with van der Waals surface area (Å²) in [4.78, 5) is 19.8. The van der Waals surface area contributed by atoms with Crippen molar-refractivity contribution >= 4 is 34.9 Å². The van der Waals surface area contributed by atoms with Gasteiger partial charge in [-0.15, -0.1) is 0 Å². The number of nitrogens with zero attached hydrogens (tertiary/aromatic N) is 2. The Morgan fingerprint density at radius 2 is 2.11 bits per heavy atom. The quantitative estimate of drug-likeness (QED) is 0.946. The maximum Gasteiger partial charge on any atom is 0.260 e. The molecule has 19 heavy (non-hydrogen) atoms. The molecule has 1 aromatic heterocycles. The van der Waals surface area contributed by atoms with Gasteiger partial charge in [0.05, 0.1) is 25.1 Å². The van der Waals surface area contributed by atoms with Gasteiger partial charge in [0, 0.05) is 5.02 Å². The molecule has 0 radical (unpaired) electrons. The Hall–Kier alpha value is -1.85. The zero-order chi connectivity index (χ0) is 13.8. The minimum atomic E-state index is -0.384. The number of hydrogen-bond donors (Lipinski definition) is 1. The summed E-state index contributed by atoms with van der Waals surface area (Å²) >= 11 is 11.5. The van der Waals surface area contributed by atoms with Gasteiger partial charge in [0.1, 0.15) is 10.9 Å². The van der Waals surface area contributed by atoms with Gasteiger partial charge in [0.2, 0.25) is 0 Å². The molecule has 98 valence electrons. The maximum atomic E-state index is 12.1. The van der Waals surface area contributed by atoms with E-state index >= 15 is 0 Å². The molecule has 1 aromatic carbocycles. The second-order valence-corrected chi connectivity index (χ2v) is 4.35. The van der Waals surface area contributed by atoms with E-state index in [2.05, 4.69) is 15.3 Å². The molecular formula is C12H9Cl2N3O2. The van der Waals surface area contributed by atoms with Gasteiger partial charge in [-0.3, -0.25) is 9.78 Å². The Balaban J connectivity index is 2.25. The predicted octanol–water partition coefficient (Wildman–Crippen LogP) is 3.04.